The average molecular weight is 366 g/mol. The number of rotatable bonds is 3. The molecule has 1 spiro atoms. The number of hydrogen-bond acceptors (Lipinski definition) is 6. The number of sulfonamides is 2. The van der Waals surface area contributed by atoms with Gasteiger partial charge in [0.1, 0.15) is 9.93 Å². The van der Waals surface area contributed by atoms with Gasteiger partial charge in [0.15, 0.2) is 0 Å². The summed E-state index contributed by atoms with van der Waals surface area (Å²) >= 11 is 1.18. The molecule has 0 saturated carbocycles. The van der Waals surface area contributed by atoms with Gasteiger partial charge in [-0.3, -0.25) is 0 Å². The number of nitrogens with zero attached hydrogens (tertiary/aromatic N) is 2. The van der Waals surface area contributed by atoms with Gasteiger partial charge in [-0.2, -0.15) is 4.31 Å². The van der Waals surface area contributed by atoms with Gasteiger partial charge in [-0.1, -0.05) is 6.07 Å². The highest BCUT2D eigenvalue weighted by atomic mass is 32.2. The molecule has 2 fully saturated rings. The number of thiophene rings is 1. The summed E-state index contributed by atoms with van der Waals surface area (Å²) < 4.78 is 57.6. The Balaban J connectivity index is 1.86. The van der Waals surface area contributed by atoms with Gasteiger partial charge in [-0.25, -0.2) is 21.1 Å². The zero-order valence-electron chi connectivity index (χ0n) is 12.1. The second-order valence-corrected chi connectivity index (χ2v) is 10.5. The van der Waals surface area contributed by atoms with E-state index in [1.165, 1.54) is 26.2 Å². The van der Waals surface area contributed by atoms with E-state index in [9.17, 15) is 16.8 Å². The molecule has 0 N–H and O–H groups in total. The van der Waals surface area contributed by atoms with Crippen LogP contribution in [0.25, 0.3) is 0 Å². The van der Waals surface area contributed by atoms with E-state index in [1.54, 1.807) is 17.5 Å². The Morgan fingerprint density at radius 1 is 1.18 bits per heavy atom. The Kier molecular flexibility index (Phi) is 4.11. The lowest BCUT2D eigenvalue weighted by molar-refractivity contribution is -0.0805. The summed E-state index contributed by atoms with van der Waals surface area (Å²) in [5.74, 6) is 0. The molecule has 2 aliphatic rings. The molecule has 7 nitrogen and oxygen atoms in total. The molecule has 0 radical (unpaired) electrons. The number of hydrogen-bond donors (Lipinski definition) is 0. The van der Waals surface area contributed by atoms with Gasteiger partial charge in [0.2, 0.25) is 10.0 Å². The molecule has 0 bridgehead atoms. The van der Waals surface area contributed by atoms with Gasteiger partial charge < -0.3 is 4.74 Å². The molecule has 0 aromatic carbocycles. The van der Waals surface area contributed by atoms with Crippen molar-refractivity contribution in [1.82, 2.24) is 8.61 Å². The standard InChI is InChI=1S/C12H18N2O5S3/c1-21(15,16)13-6-4-12(5-7-13)14(8-9-19-12)22(17,18)11-3-2-10-20-11/h2-3,10H,4-9H2,1H3. The lowest BCUT2D eigenvalue weighted by Crippen LogP contribution is -2.55. The molecule has 3 rings (SSSR count). The first kappa shape index (κ1) is 16.3. The normalized spacial score (nSPS) is 24.0. The fourth-order valence-electron chi connectivity index (χ4n) is 3.01. The summed E-state index contributed by atoms with van der Waals surface area (Å²) in [6.07, 6.45) is 1.87. The van der Waals surface area contributed by atoms with Gasteiger partial charge in [0.05, 0.1) is 12.9 Å². The molecule has 2 aliphatic heterocycles. The molecule has 0 aliphatic carbocycles. The van der Waals surface area contributed by atoms with E-state index in [1.807, 2.05) is 0 Å². The molecule has 3 heterocycles. The Hall–Kier alpha value is -0.520. The third kappa shape index (κ3) is 2.72. The first-order valence-electron chi connectivity index (χ1n) is 6.91. The van der Waals surface area contributed by atoms with Crippen molar-refractivity contribution in [3.63, 3.8) is 0 Å². The van der Waals surface area contributed by atoms with Gasteiger partial charge in [-0.05, 0) is 11.4 Å². The molecular formula is C12H18N2O5S3. The topological polar surface area (TPSA) is 84.0 Å². The van der Waals surface area contributed by atoms with Crippen molar-refractivity contribution >= 4 is 31.4 Å². The zero-order chi connectivity index (χ0) is 16.0. The molecule has 1 aromatic heterocycles. The minimum atomic E-state index is -3.60. The highest BCUT2D eigenvalue weighted by Gasteiger charge is 2.51. The highest BCUT2D eigenvalue weighted by Crippen LogP contribution is 2.39. The minimum Gasteiger partial charge on any atom is -0.358 e. The quantitative estimate of drug-likeness (QED) is 0.779. The maximum absolute atomic E-state index is 12.8. The van der Waals surface area contributed by atoms with Crippen molar-refractivity contribution in [2.45, 2.75) is 22.8 Å². The second kappa shape index (κ2) is 5.53. The maximum Gasteiger partial charge on any atom is 0.255 e. The van der Waals surface area contributed by atoms with Crippen LogP contribution >= 0.6 is 11.3 Å². The van der Waals surface area contributed by atoms with Crippen LogP contribution in [-0.2, 0) is 24.8 Å². The van der Waals surface area contributed by atoms with Crippen molar-refractivity contribution in [2.75, 3.05) is 32.5 Å². The van der Waals surface area contributed by atoms with Gasteiger partial charge in [0.25, 0.3) is 10.0 Å². The summed E-state index contributed by atoms with van der Waals surface area (Å²) in [5, 5.41) is 1.72. The molecule has 10 heteroatoms. The Morgan fingerprint density at radius 3 is 2.41 bits per heavy atom. The highest BCUT2D eigenvalue weighted by molar-refractivity contribution is 7.91. The largest absolute Gasteiger partial charge is 0.358 e. The lowest BCUT2D eigenvalue weighted by atomic mass is 10.0. The fraction of sp³-hybridized carbons (Fsp3) is 0.667. The summed E-state index contributed by atoms with van der Waals surface area (Å²) in [6, 6.07) is 3.28. The second-order valence-electron chi connectivity index (χ2n) is 5.47. The molecule has 0 unspecified atom stereocenters. The van der Waals surface area contributed by atoms with E-state index in [2.05, 4.69) is 0 Å². The van der Waals surface area contributed by atoms with Crippen LogP contribution in [0.15, 0.2) is 21.7 Å². The molecule has 1 aromatic rings. The predicted octanol–water partition coefficient (Wildman–Crippen LogP) is 0.521. The third-order valence-electron chi connectivity index (χ3n) is 4.13. The van der Waals surface area contributed by atoms with E-state index in [0.29, 0.717) is 30.2 Å². The van der Waals surface area contributed by atoms with E-state index in [0.717, 1.165) is 0 Å². The van der Waals surface area contributed by atoms with E-state index in [-0.39, 0.29) is 13.1 Å². The van der Waals surface area contributed by atoms with Crippen molar-refractivity contribution in [2.24, 2.45) is 0 Å². The van der Waals surface area contributed by atoms with Crippen LogP contribution in [-0.4, -0.2) is 63.7 Å². The van der Waals surface area contributed by atoms with Crippen LogP contribution in [0, 0.1) is 0 Å². The van der Waals surface area contributed by atoms with Gasteiger partial charge >= 0.3 is 0 Å². The van der Waals surface area contributed by atoms with Crippen LogP contribution in [0.1, 0.15) is 12.8 Å². The van der Waals surface area contributed by atoms with E-state index in [4.69, 9.17) is 4.74 Å². The van der Waals surface area contributed by atoms with Crippen LogP contribution in [0.5, 0.6) is 0 Å². The van der Waals surface area contributed by atoms with Gasteiger partial charge in [0, 0.05) is 32.5 Å². The summed E-state index contributed by atoms with van der Waals surface area (Å²) in [5.41, 5.74) is -0.913. The minimum absolute atomic E-state index is 0.273. The summed E-state index contributed by atoms with van der Waals surface area (Å²) in [4.78, 5) is 0. The predicted molar refractivity (Wildman–Crippen MR) is 82.5 cm³/mol. The lowest BCUT2D eigenvalue weighted by Gasteiger charge is -2.41. The van der Waals surface area contributed by atoms with Crippen LogP contribution in [0.2, 0.25) is 0 Å². The molecular weight excluding hydrogens is 348 g/mol. The molecule has 2 saturated heterocycles. The van der Waals surface area contributed by atoms with Crippen LogP contribution < -0.4 is 0 Å². The monoisotopic (exact) mass is 366 g/mol. The summed E-state index contributed by atoms with van der Waals surface area (Å²) in [7, 11) is -6.85. The molecule has 0 amide bonds. The van der Waals surface area contributed by atoms with Gasteiger partial charge in [-0.15, -0.1) is 11.3 Å². The first-order valence-corrected chi connectivity index (χ1v) is 11.1. The zero-order valence-corrected chi connectivity index (χ0v) is 14.6. The summed E-state index contributed by atoms with van der Waals surface area (Å²) in [6.45, 7) is 1.19. The molecule has 124 valence electrons. The maximum atomic E-state index is 12.8. The number of ether oxygens (including phenoxy) is 1. The average Bonchev–Trinajstić information content (AvgIpc) is 3.08. The van der Waals surface area contributed by atoms with E-state index >= 15 is 0 Å². The molecule has 22 heavy (non-hydrogen) atoms. The van der Waals surface area contributed by atoms with Crippen molar-refractivity contribution in [3.8, 4) is 0 Å². The number of piperidine rings is 1. The van der Waals surface area contributed by atoms with Crippen molar-refractivity contribution in [1.29, 1.82) is 0 Å². The van der Waals surface area contributed by atoms with Crippen LogP contribution in [0.4, 0.5) is 0 Å². The first-order chi connectivity index (χ1) is 10.3. The van der Waals surface area contributed by atoms with E-state index < -0.39 is 25.8 Å². The fourth-order valence-corrected chi connectivity index (χ4v) is 6.69. The Bertz CT molecular complexity index is 734. The smallest absolute Gasteiger partial charge is 0.255 e. The SMILES string of the molecule is CS(=O)(=O)N1CCC2(CC1)OCCN2S(=O)(=O)c1cccs1. The molecule has 0 atom stereocenters. The van der Waals surface area contributed by atoms with Crippen molar-refractivity contribution in [3.05, 3.63) is 17.5 Å². The van der Waals surface area contributed by atoms with Crippen molar-refractivity contribution < 1.29 is 21.6 Å². The third-order valence-corrected chi connectivity index (χ3v) is 8.76. The van der Waals surface area contributed by atoms with Crippen LogP contribution in [0.3, 0.4) is 0 Å². The Morgan fingerprint density at radius 2 is 1.86 bits per heavy atom. The Labute approximate surface area is 134 Å².